The number of aromatic nitrogens is 1. The van der Waals surface area contributed by atoms with Crippen molar-refractivity contribution < 1.29 is 9.59 Å². The summed E-state index contributed by atoms with van der Waals surface area (Å²) in [4.78, 5) is 29.7. The molecule has 7 heteroatoms. The van der Waals surface area contributed by atoms with Crippen LogP contribution in [0, 0.1) is 0 Å². The Morgan fingerprint density at radius 1 is 0.537 bits per heavy atom. The predicted octanol–water partition coefficient (Wildman–Crippen LogP) is 9.20. The Hall–Kier alpha value is -4.78. The highest BCUT2D eigenvalue weighted by atomic mass is 16.2. The zero-order valence-electron chi connectivity index (χ0n) is 24.4. The molecule has 0 saturated heterocycles. The first-order chi connectivity index (χ1) is 19.4. The van der Waals surface area contributed by atoms with Crippen molar-refractivity contribution in [2.45, 2.75) is 52.4 Å². The summed E-state index contributed by atoms with van der Waals surface area (Å²) in [6.07, 6.45) is 0. The summed E-state index contributed by atoms with van der Waals surface area (Å²) in [5.41, 5.74) is 6.14. The van der Waals surface area contributed by atoms with Gasteiger partial charge in [-0.3, -0.25) is 0 Å². The van der Waals surface area contributed by atoms with Gasteiger partial charge < -0.3 is 26.3 Å². The first-order valence-electron chi connectivity index (χ1n) is 13.8. The highest BCUT2D eigenvalue weighted by Crippen LogP contribution is 2.40. The molecule has 0 spiro atoms. The van der Waals surface area contributed by atoms with Crippen LogP contribution in [0.2, 0.25) is 0 Å². The number of anilines is 4. The van der Waals surface area contributed by atoms with Gasteiger partial charge >= 0.3 is 12.1 Å². The maximum absolute atomic E-state index is 13.1. The molecule has 5 aromatic rings. The summed E-state index contributed by atoms with van der Waals surface area (Å²) in [7, 11) is 0. The van der Waals surface area contributed by atoms with Gasteiger partial charge in [0, 0.05) is 22.1 Å². The Labute approximate surface area is 240 Å². The molecular formula is C34H37N5O2. The third-order valence-electron chi connectivity index (χ3n) is 7.11. The lowest BCUT2D eigenvalue weighted by Crippen LogP contribution is -2.20. The molecule has 0 fully saturated rings. The number of aromatic amines is 1. The number of amides is 4. The van der Waals surface area contributed by atoms with E-state index in [2.05, 4.69) is 79.9 Å². The molecule has 5 rings (SSSR count). The number of benzene rings is 4. The molecule has 210 valence electrons. The quantitative estimate of drug-likeness (QED) is 0.155. The molecule has 0 aliphatic carbocycles. The van der Waals surface area contributed by atoms with E-state index >= 15 is 0 Å². The van der Waals surface area contributed by atoms with Crippen molar-refractivity contribution in [3.8, 4) is 0 Å². The monoisotopic (exact) mass is 547 g/mol. The molecule has 0 radical (unpaired) electrons. The average molecular weight is 548 g/mol. The lowest BCUT2D eigenvalue weighted by atomic mass is 9.84. The Kier molecular flexibility index (Phi) is 7.22. The maximum atomic E-state index is 13.1. The van der Waals surface area contributed by atoms with Crippen LogP contribution in [0.3, 0.4) is 0 Å². The molecule has 0 aliphatic rings. The standard InChI is InChI=1S/C34H37N5O2/c1-33(2,3)21-17-25-26-18-22(34(4,5)6)20-28(38-32(41)36-24-15-11-8-12-16-24)30(26)39-29(25)27(19-21)37-31(40)35-23-13-9-7-10-14-23/h7-20,39H,1-6H3,(H2,35,37,40)(H2,36,38,41). The third kappa shape index (κ3) is 6.19. The highest BCUT2D eigenvalue weighted by Gasteiger charge is 2.23. The molecule has 0 aliphatic heterocycles. The summed E-state index contributed by atoms with van der Waals surface area (Å²) in [5, 5.41) is 13.9. The lowest BCUT2D eigenvalue weighted by molar-refractivity contribution is 0.261. The second-order valence-electron chi connectivity index (χ2n) is 12.4. The number of para-hydroxylation sites is 2. The summed E-state index contributed by atoms with van der Waals surface area (Å²) in [5.74, 6) is 0. The van der Waals surface area contributed by atoms with Gasteiger partial charge in [0.2, 0.25) is 0 Å². The number of hydrogen-bond acceptors (Lipinski definition) is 2. The van der Waals surface area contributed by atoms with Crippen LogP contribution in [0.5, 0.6) is 0 Å². The van der Waals surface area contributed by atoms with Crippen LogP contribution in [-0.4, -0.2) is 17.0 Å². The van der Waals surface area contributed by atoms with E-state index < -0.39 is 0 Å². The van der Waals surface area contributed by atoms with Gasteiger partial charge in [-0.1, -0.05) is 77.9 Å². The van der Waals surface area contributed by atoms with Crippen molar-refractivity contribution in [2.24, 2.45) is 0 Å². The van der Waals surface area contributed by atoms with E-state index in [1.807, 2.05) is 72.8 Å². The van der Waals surface area contributed by atoms with E-state index in [0.29, 0.717) is 22.7 Å². The Bertz CT molecular complexity index is 1600. The van der Waals surface area contributed by atoms with E-state index in [1.54, 1.807) is 0 Å². The Balaban J connectivity index is 1.63. The zero-order chi connectivity index (χ0) is 29.4. The van der Waals surface area contributed by atoms with Gasteiger partial charge in [-0.15, -0.1) is 0 Å². The maximum Gasteiger partial charge on any atom is 0.323 e. The summed E-state index contributed by atoms with van der Waals surface area (Å²) in [6.45, 7) is 12.9. The molecule has 0 atom stereocenters. The summed E-state index contributed by atoms with van der Waals surface area (Å²) in [6, 6.07) is 26.4. The van der Waals surface area contributed by atoms with Gasteiger partial charge in [0.15, 0.2) is 0 Å². The molecule has 0 saturated carbocycles. The first-order valence-corrected chi connectivity index (χ1v) is 13.8. The number of nitrogens with one attached hydrogen (secondary N) is 5. The fraction of sp³-hybridized carbons (Fsp3) is 0.235. The summed E-state index contributed by atoms with van der Waals surface area (Å²) < 4.78 is 0. The Morgan fingerprint density at radius 2 is 0.902 bits per heavy atom. The predicted molar refractivity (Wildman–Crippen MR) is 171 cm³/mol. The van der Waals surface area contributed by atoms with Gasteiger partial charge in [-0.05, 0) is 70.5 Å². The first kappa shape index (κ1) is 27.8. The number of urea groups is 2. The number of carbonyl (C=O) groups is 2. The lowest BCUT2D eigenvalue weighted by Gasteiger charge is -2.22. The largest absolute Gasteiger partial charge is 0.351 e. The molecular weight excluding hydrogens is 510 g/mol. The fourth-order valence-corrected chi connectivity index (χ4v) is 4.78. The molecule has 4 aromatic carbocycles. The van der Waals surface area contributed by atoms with Crippen LogP contribution in [-0.2, 0) is 10.8 Å². The van der Waals surface area contributed by atoms with Crippen molar-refractivity contribution in [3.63, 3.8) is 0 Å². The SMILES string of the molecule is CC(C)(C)c1cc(NC(=O)Nc2ccccc2)c2[nH]c3c(NC(=O)Nc4ccccc4)cc(C(C)(C)C)cc3c2c1. The molecule has 4 amide bonds. The topological polar surface area (TPSA) is 98.1 Å². The van der Waals surface area contributed by atoms with Gasteiger partial charge in [0.1, 0.15) is 0 Å². The van der Waals surface area contributed by atoms with Crippen LogP contribution in [0.1, 0.15) is 52.7 Å². The minimum Gasteiger partial charge on any atom is -0.351 e. The van der Waals surface area contributed by atoms with E-state index in [9.17, 15) is 9.59 Å². The van der Waals surface area contributed by atoms with Crippen molar-refractivity contribution in [1.29, 1.82) is 0 Å². The van der Waals surface area contributed by atoms with E-state index in [1.165, 1.54) is 0 Å². The van der Waals surface area contributed by atoms with E-state index in [4.69, 9.17) is 0 Å². The second-order valence-corrected chi connectivity index (χ2v) is 12.4. The average Bonchev–Trinajstić information content (AvgIpc) is 3.28. The van der Waals surface area contributed by atoms with Crippen LogP contribution in [0.15, 0.2) is 84.9 Å². The molecule has 0 bridgehead atoms. The smallest absolute Gasteiger partial charge is 0.323 e. The van der Waals surface area contributed by atoms with Crippen LogP contribution in [0.25, 0.3) is 21.8 Å². The normalized spacial score (nSPS) is 11.9. The minimum atomic E-state index is -0.335. The van der Waals surface area contributed by atoms with Crippen molar-refractivity contribution >= 4 is 56.6 Å². The van der Waals surface area contributed by atoms with Gasteiger partial charge in [0.25, 0.3) is 0 Å². The van der Waals surface area contributed by atoms with Crippen molar-refractivity contribution in [2.75, 3.05) is 21.3 Å². The minimum absolute atomic E-state index is 0.164. The molecule has 1 heterocycles. The fourth-order valence-electron chi connectivity index (χ4n) is 4.78. The third-order valence-corrected chi connectivity index (χ3v) is 7.11. The van der Waals surface area contributed by atoms with E-state index in [0.717, 1.165) is 32.9 Å². The molecule has 5 N–H and O–H groups in total. The highest BCUT2D eigenvalue weighted by molar-refractivity contribution is 6.18. The van der Waals surface area contributed by atoms with Gasteiger partial charge in [0.05, 0.1) is 22.4 Å². The zero-order valence-corrected chi connectivity index (χ0v) is 24.4. The Morgan fingerprint density at radius 3 is 1.24 bits per heavy atom. The summed E-state index contributed by atoms with van der Waals surface area (Å²) >= 11 is 0. The van der Waals surface area contributed by atoms with Crippen LogP contribution in [0.4, 0.5) is 32.3 Å². The number of hydrogen-bond donors (Lipinski definition) is 5. The van der Waals surface area contributed by atoms with Crippen LogP contribution < -0.4 is 21.3 Å². The molecule has 0 unspecified atom stereocenters. The van der Waals surface area contributed by atoms with Gasteiger partial charge in [-0.2, -0.15) is 0 Å². The van der Waals surface area contributed by atoms with Gasteiger partial charge in [-0.25, -0.2) is 9.59 Å². The van der Waals surface area contributed by atoms with Crippen molar-refractivity contribution in [3.05, 3.63) is 96.1 Å². The number of H-pyrrole nitrogens is 1. The van der Waals surface area contributed by atoms with Crippen molar-refractivity contribution in [1.82, 2.24) is 4.98 Å². The molecule has 41 heavy (non-hydrogen) atoms. The second kappa shape index (κ2) is 10.7. The number of carbonyl (C=O) groups excluding carboxylic acids is 2. The molecule has 7 nitrogen and oxygen atoms in total. The number of rotatable bonds is 4. The van der Waals surface area contributed by atoms with Crippen LogP contribution >= 0.6 is 0 Å². The number of fused-ring (bicyclic) bond motifs is 3. The molecule has 1 aromatic heterocycles. The van der Waals surface area contributed by atoms with E-state index in [-0.39, 0.29) is 22.9 Å².